The molecule has 0 radical (unpaired) electrons. The standard InChI is InChI=1S/C25H32O2.CH5N/c1-4-24(27-3)17-23(26)13-12-20-15-21-6-5-7-25(21)22(16-20)14-19-10-8-18(2)9-11-19;1-2/h8,10,15-16,23-24,26H,4-7,12-14,17H2,1-3H3;2H2,1H3. The van der Waals surface area contributed by atoms with Gasteiger partial charge in [-0.05, 0) is 98.9 Å². The van der Waals surface area contributed by atoms with E-state index in [4.69, 9.17) is 4.74 Å². The fourth-order valence-electron chi connectivity index (χ4n) is 4.15. The van der Waals surface area contributed by atoms with E-state index in [2.05, 4.69) is 55.3 Å². The number of ether oxygens (including phenoxy) is 1. The van der Waals surface area contributed by atoms with Gasteiger partial charge in [0.25, 0.3) is 0 Å². The molecule has 0 heterocycles. The van der Waals surface area contributed by atoms with Crippen LogP contribution in [-0.4, -0.2) is 31.5 Å². The summed E-state index contributed by atoms with van der Waals surface area (Å²) in [5, 5.41) is 10.4. The summed E-state index contributed by atoms with van der Waals surface area (Å²) < 4.78 is 5.41. The minimum Gasteiger partial charge on any atom is -0.393 e. The third kappa shape index (κ3) is 6.85. The molecule has 1 aromatic rings. The number of hydrogen-bond donors (Lipinski definition) is 2. The van der Waals surface area contributed by atoms with E-state index >= 15 is 0 Å². The second kappa shape index (κ2) is 12.0. The van der Waals surface area contributed by atoms with Crippen LogP contribution in [-0.2, 0) is 30.4 Å². The number of rotatable bonds is 9. The fourth-order valence-corrected chi connectivity index (χ4v) is 4.15. The molecule has 0 fully saturated rings. The third-order valence-electron chi connectivity index (χ3n) is 5.79. The first kappa shape index (κ1) is 23.4. The van der Waals surface area contributed by atoms with Crippen molar-refractivity contribution in [2.45, 2.75) is 77.4 Å². The summed E-state index contributed by atoms with van der Waals surface area (Å²) in [6, 6.07) is 4.73. The predicted octanol–water partition coefficient (Wildman–Crippen LogP) is 4.60. The van der Waals surface area contributed by atoms with Gasteiger partial charge in [0.2, 0.25) is 0 Å². The zero-order valence-electron chi connectivity index (χ0n) is 18.6. The van der Waals surface area contributed by atoms with Gasteiger partial charge >= 0.3 is 0 Å². The van der Waals surface area contributed by atoms with Gasteiger partial charge in [-0.25, -0.2) is 0 Å². The number of allylic oxidation sites excluding steroid dienone is 4. The van der Waals surface area contributed by atoms with Crippen molar-refractivity contribution in [1.29, 1.82) is 0 Å². The number of nitrogens with two attached hydrogens (primary N) is 1. The predicted molar refractivity (Wildman–Crippen MR) is 121 cm³/mol. The van der Waals surface area contributed by atoms with Gasteiger partial charge in [-0.15, -0.1) is 0 Å². The number of aryl methyl sites for hydroxylation is 2. The Balaban J connectivity index is 0.00000145. The minimum absolute atomic E-state index is 0.156. The Morgan fingerprint density at radius 2 is 1.97 bits per heavy atom. The van der Waals surface area contributed by atoms with Crippen LogP contribution in [0.4, 0.5) is 0 Å². The van der Waals surface area contributed by atoms with Crippen molar-refractivity contribution >= 4 is 0 Å². The summed E-state index contributed by atoms with van der Waals surface area (Å²) >= 11 is 0. The number of aliphatic hydroxyl groups is 1. The molecule has 2 aliphatic rings. The highest BCUT2D eigenvalue weighted by molar-refractivity contribution is 5.45. The monoisotopic (exact) mass is 395 g/mol. The Bertz CT molecular complexity index is 804. The Kier molecular flexibility index (Phi) is 9.67. The molecule has 2 aliphatic carbocycles. The molecule has 29 heavy (non-hydrogen) atoms. The molecule has 158 valence electrons. The van der Waals surface area contributed by atoms with Crippen LogP contribution in [0.2, 0.25) is 0 Å². The highest BCUT2D eigenvalue weighted by Gasteiger charge is 2.18. The van der Waals surface area contributed by atoms with Crippen LogP contribution < -0.4 is 5.73 Å². The van der Waals surface area contributed by atoms with Crippen LogP contribution in [0.25, 0.3) is 0 Å². The van der Waals surface area contributed by atoms with E-state index in [1.807, 2.05) is 0 Å². The van der Waals surface area contributed by atoms with E-state index in [0.717, 1.165) is 37.7 Å². The summed E-state index contributed by atoms with van der Waals surface area (Å²) in [6.07, 6.45) is 12.1. The molecule has 0 saturated carbocycles. The van der Waals surface area contributed by atoms with Gasteiger partial charge in [-0.2, -0.15) is 0 Å². The van der Waals surface area contributed by atoms with Crippen molar-refractivity contribution in [2.24, 2.45) is 5.73 Å². The molecule has 0 bridgehead atoms. The maximum Gasteiger partial charge on any atom is 0.0593 e. The minimum atomic E-state index is -0.299. The SMILES string of the molecule is CCC(CC(O)CCc1cc2c(c(CC3=C=C=C(C)C=C3)c1)CCC2)OC.CN. The molecule has 0 spiro atoms. The van der Waals surface area contributed by atoms with E-state index in [9.17, 15) is 5.11 Å². The van der Waals surface area contributed by atoms with Crippen LogP contribution >= 0.6 is 0 Å². The van der Waals surface area contributed by atoms with Crippen molar-refractivity contribution in [3.63, 3.8) is 0 Å². The zero-order valence-corrected chi connectivity index (χ0v) is 18.6. The lowest BCUT2D eigenvalue weighted by molar-refractivity contribution is 0.0403. The topological polar surface area (TPSA) is 55.5 Å². The van der Waals surface area contributed by atoms with E-state index in [-0.39, 0.29) is 12.2 Å². The second-order valence-corrected chi connectivity index (χ2v) is 7.91. The summed E-state index contributed by atoms with van der Waals surface area (Å²) in [4.78, 5) is 0. The molecular weight excluding hydrogens is 358 g/mol. The molecule has 3 heteroatoms. The van der Waals surface area contributed by atoms with Gasteiger partial charge in [-0.1, -0.05) is 30.5 Å². The average Bonchev–Trinajstić information content (AvgIpc) is 3.22. The number of methoxy groups -OCH3 is 1. The zero-order chi connectivity index (χ0) is 21.2. The van der Waals surface area contributed by atoms with E-state index in [0.29, 0.717) is 0 Å². The molecule has 0 saturated heterocycles. The molecule has 0 aliphatic heterocycles. The number of aliphatic hydroxyl groups excluding tert-OH is 1. The van der Waals surface area contributed by atoms with Gasteiger partial charge in [-0.3, -0.25) is 0 Å². The van der Waals surface area contributed by atoms with Gasteiger partial charge < -0.3 is 15.6 Å². The molecule has 1 aromatic carbocycles. The first-order valence-electron chi connectivity index (χ1n) is 10.9. The molecule has 2 unspecified atom stereocenters. The van der Waals surface area contributed by atoms with Crippen molar-refractivity contribution in [3.05, 3.63) is 69.1 Å². The molecule has 0 amide bonds. The Labute approximate surface area is 176 Å². The van der Waals surface area contributed by atoms with Crippen molar-refractivity contribution in [3.8, 4) is 0 Å². The first-order chi connectivity index (χ1) is 14.1. The molecule has 3 nitrogen and oxygen atoms in total. The van der Waals surface area contributed by atoms with Gasteiger partial charge in [0.05, 0.1) is 12.2 Å². The maximum absolute atomic E-state index is 10.4. The normalized spacial score (nSPS) is 16.5. The van der Waals surface area contributed by atoms with Crippen LogP contribution in [0.5, 0.6) is 0 Å². The second-order valence-electron chi connectivity index (χ2n) is 7.91. The summed E-state index contributed by atoms with van der Waals surface area (Å²) in [5.74, 6) is 0. The quantitative estimate of drug-likeness (QED) is 0.601. The van der Waals surface area contributed by atoms with Gasteiger partial charge in [0.1, 0.15) is 0 Å². The summed E-state index contributed by atoms with van der Waals surface area (Å²) in [7, 11) is 3.23. The molecule has 2 atom stereocenters. The van der Waals surface area contributed by atoms with Crippen LogP contribution in [0, 0.1) is 0 Å². The van der Waals surface area contributed by atoms with Gasteiger partial charge in [0, 0.05) is 19.1 Å². The Morgan fingerprint density at radius 1 is 1.17 bits per heavy atom. The third-order valence-corrected chi connectivity index (χ3v) is 5.79. The van der Waals surface area contributed by atoms with E-state index in [1.165, 1.54) is 48.6 Å². The first-order valence-corrected chi connectivity index (χ1v) is 10.9. The van der Waals surface area contributed by atoms with Crippen molar-refractivity contribution in [1.82, 2.24) is 0 Å². The van der Waals surface area contributed by atoms with Crippen molar-refractivity contribution < 1.29 is 9.84 Å². The number of benzene rings is 1. The Morgan fingerprint density at radius 3 is 2.62 bits per heavy atom. The lowest BCUT2D eigenvalue weighted by atomic mass is 9.92. The average molecular weight is 396 g/mol. The van der Waals surface area contributed by atoms with Gasteiger partial charge in [0.15, 0.2) is 0 Å². The lowest BCUT2D eigenvalue weighted by Gasteiger charge is -2.18. The molecule has 3 rings (SSSR count). The summed E-state index contributed by atoms with van der Waals surface area (Å²) in [6.45, 7) is 4.16. The van der Waals surface area contributed by atoms with Crippen LogP contribution in [0.3, 0.4) is 0 Å². The van der Waals surface area contributed by atoms with Crippen LogP contribution in [0.1, 0.15) is 61.8 Å². The lowest BCUT2D eigenvalue weighted by Crippen LogP contribution is -2.19. The molecular formula is C26H37NO2. The largest absolute Gasteiger partial charge is 0.393 e. The highest BCUT2D eigenvalue weighted by Crippen LogP contribution is 2.30. The maximum atomic E-state index is 10.4. The summed E-state index contributed by atoms with van der Waals surface area (Å²) in [5.41, 5.74) is 19.2. The number of hydrogen-bond acceptors (Lipinski definition) is 3. The molecule has 3 N–H and O–H groups in total. The van der Waals surface area contributed by atoms with E-state index < -0.39 is 0 Å². The Hall–Kier alpha value is -1.86. The van der Waals surface area contributed by atoms with E-state index in [1.54, 1.807) is 12.7 Å². The number of fused-ring (bicyclic) bond motifs is 1. The van der Waals surface area contributed by atoms with Crippen molar-refractivity contribution in [2.75, 3.05) is 14.2 Å². The molecule has 0 aromatic heterocycles. The highest BCUT2D eigenvalue weighted by atomic mass is 16.5. The fraction of sp³-hybridized carbons (Fsp3) is 0.538. The smallest absolute Gasteiger partial charge is 0.0593 e. The van der Waals surface area contributed by atoms with Crippen LogP contribution in [0.15, 0.2) is 46.9 Å².